The zero-order valence-corrected chi connectivity index (χ0v) is 6.26. The van der Waals surface area contributed by atoms with Crippen molar-refractivity contribution in [1.82, 2.24) is 29.9 Å². The van der Waals surface area contributed by atoms with Gasteiger partial charge in [0.05, 0.1) is 0 Å². The zero-order valence-electron chi connectivity index (χ0n) is 6.26. The van der Waals surface area contributed by atoms with E-state index >= 15 is 0 Å². The molecular formula is C5H4N6O2. The Balaban J connectivity index is 2.67. The van der Waals surface area contributed by atoms with E-state index in [0.717, 1.165) is 0 Å². The molecule has 8 nitrogen and oxygen atoms in total. The van der Waals surface area contributed by atoms with Crippen molar-refractivity contribution in [1.29, 1.82) is 0 Å². The molecule has 8 heteroatoms. The summed E-state index contributed by atoms with van der Waals surface area (Å²) in [6.07, 6.45) is 2.60. The van der Waals surface area contributed by atoms with Gasteiger partial charge in [-0.2, -0.15) is 0 Å². The molecule has 0 radical (unpaired) electrons. The lowest BCUT2D eigenvalue weighted by molar-refractivity contribution is 0.823. The summed E-state index contributed by atoms with van der Waals surface area (Å²) >= 11 is 0. The van der Waals surface area contributed by atoms with Crippen molar-refractivity contribution in [2.75, 3.05) is 0 Å². The summed E-state index contributed by atoms with van der Waals surface area (Å²) in [5, 5.41) is 12.6. The molecule has 0 saturated heterocycles. The van der Waals surface area contributed by atoms with E-state index in [1.807, 2.05) is 4.98 Å². The Hall–Kier alpha value is -2.25. The van der Waals surface area contributed by atoms with E-state index < -0.39 is 11.2 Å². The molecule has 0 spiro atoms. The lowest BCUT2D eigenvalue weighted by Gasteiger charge is -1.94. The van der Waals surface area contributed by atoms with Gasteiger partial charge in [-0.1, -0.05) is 0 Å². The number of H-pyrrole nitrogens is 2. The van der Waals surface area contributed by atoms with Crippen LogP contribution in [0.5, 0.6) is 0 Å². The highest BCUT2D eigenvalue weighted by atomic mass is 16.2. The molecule has 0 aliphatic carbocycles. The fraction of sp³-hybridized carbons (Fsp3) is 0. The molecule has 2 N–H and O–H groups in total. The van der Waals surface area contributed by atoms with E-state index in [2.05, 4.69) is 20.4 Å². The van der Waals surface area contributed by atoms with Gasteiger partial charge in [-0.15, -0.1) is 15.3 Å². The Labute approximate surface area is 70.3 Å². The third-order valence-electron chi connectivity index (χ3n) is 1.36. The van der Waals surface area contributed by atoms with Gasteiger partial charge in [0.1, 0.15) is 12.7 Å². The maximum Gasteiger partial charge on any atom is 0.342 e. The van der Waals surface area contributed by atoms with Gasteiger partial charge in [-0.25, -0.2) is 9.89 Å². The van der Waals surface area contributed by atoms with Crippen molar-refractivity contribution in [3.05, 3.63) is 33.5 Å². The van der Waals surface area contributed by atoms with Gasteiger partial charge >= 0.3 is 5.69 Å². The molecule has 2 aromatic heterocycles. The number of hydrogen-bond acceptors (Lipinski definition) is 5. The van der Waals surface area contributed by atoms with Crippen molar-refractivity contribution in [3.63, 3.8) is 0 Å². The van der Waals surface area contributed by atoms with Crippen LogP contribution >= 0.6 is 0 Å². The highest BCUT2D eigenvalue weighted by Gasteiger charge is 2.03. The standard InChI is InChI=1S/C5H4N6O2/c12-4-3(9-10-5(13)8-4)11-1-6-7-2-11/h1-2H,(H2,8,10,12,13). The number of aromatic nitrogens is 6. The average Bonchev–Trinajstić information content (AvgIpc) is 2.56. The van der Waals surface area contributed by atoms with Crippen LogP contribution in [0.3, 0.4) is 0 Å². The minimum Gasteiger partial charge on any atom is -0.270 e. The van der Waals surface area contributed by atoms with Crippen molar-refractivity contribution in [3.8, 4) is 5.82 Å². The molecule has 0 unspecified atom stereocenters. The first-order chi connectivity index (χ1) is 6.27. The van der Waals surface area contributed by atoms with E-state index in [1.54, 1.807) is 0 Å². The van der Waals surface area contributed by atoms with Gasteiger partial charge in [0.25, 0.3) is 5.56 Å². The van der Waals surface area contributed by atoms with Crippen LogP contribution in [0.4, 0.5) is 0 Å². The third-order valence-corrected chi connectivity index (χ3v) is 1.36. The quantitative estimate of drug-likeness (QED) is 0.529. The van der Waals surface area contributed by atoms with E-state index in [0.29, 0.717) is 0 Å². The molecule has 2 aromatic rings. The summed E-state index contributed by atoms with van der Waals surface area (Å²) in [6, 6.07) is 0. The first kappa shape index (κ1) is 7.40. The summed E-state index contributed by atoms with van der Waals surface area (Å²) in [7, 11) is 0. The molecule has 0 fully saturated rings. The van der Waals surface area contributed by atoms with Crippen LogP contribution in [0.15, 0.2) is 22.2 Å². The Morgan fingerprint density at radius 2 is 1.92 bits per heavy atom. The van der Waals surface area contributed by atoms with Crippen molar-refractivity contribution >= 4 is 0 Å². The number of nitrogens with zero attached hydrogens (tertiary/aromatic N) is 4. The Kier molecular flexibility index (Phi) is 1.51. The Morgan fingerprint density at radius 1 is 1.23 bits per heavy atom. The average molecular weight is 180 g/mol. The molecule has 0 atom stereocenters. The zero-order chi connectivity index (χ0) is 9.26. The molecular weight excluding hydrogens is 176 g/mol. The van der Waals surface area contributed by atoms with E-state index in [4.69, 9.17) is 0 Å². The normalized spacial score (nSPS) is 10.2. The molecule has 66 valence electrons. The SMILES string of the molecule is O=c1[nH]nc(-n2cnnc2)c(=O)[nH]1. The van der Waals surface area contributed by atoms with Crippen LogP contribution in [-0.4, -0.2) is 29.9 Å². The van der Waals surface area contributed by atoms with Crippen LogP contribution in [0.2, 0.25) is 0 Å². The molecule has 13 heavy (non-hydrogen) atoms. The van der Waals surface area contributed by atoms with Crippen molar-refractivity contribution in [2.24, 2.45) is 0 Å². The summed E-state index contributed by atoms with van der Waals surface area (Å²) < 4.78 is 1.29. The van der Waals surface area contributed by atoms with Crippen molar-refractivity contribution < 1.29 is 0 Å². The Bertz CT molecular complexity index is 508. The van der Waals surface area contributed by atoms with Crippen LogP contribution in [0, 0.1) is 0 Å². The third kappa shape index (κ3) is 1.24. The first-order valence-electron chi connectivity index (χ1n) is 3.31. The summed E-state index contributed by atoms with van der Waals surface area (Å²) in [5.74, 6) is 0.0181. The minimum atomic E-state index is -0.651. The highest BCUT2D eigenvalue weighted by Crippen LogP contribution is 1.88. The molecule has 0 aromatic carbocycles. The lowest BCUT2D eigenvalue weighted by Crippen LogP contribution is -2.27. The van der Waals surface area contributed by atoms with E-state index in [-0.39, 0.29) is 5.82 Å². The van der Waals surface area contributed by atoms with Gasteiger partial charge in [0.15, 0.2) is 0 Å². The number of hydrogen-bond donors (Lipinski definition) is 2. The molecule has 0 saturated carbocycles. The largest absolute Gasteiger partial charge is 0.342 e. The highest BCUT2D eigenvalue weighted by molar-refractivity contribution is 5.13. The van der Waals surface area contributed by atoms with Gasteiger partial charge in [-0.05, 0) is 0 Å². The predicted octanol–water partition coefficient (Wildman–Crippen LogP) is -1.96. The maximum absolute atomic E-state index is 11.1. The van der Waals surface area contributed by atoms with Crippen LogP contribution in [-0.2, 0) is 0 Å². The summed E-state index contributed by atoms with van der Waals surface area (Å²) in [5.41, 5.74) is -1.25. The summed E-state index contributed by atoms with van der Waals surface area (Å²) in [4.78, 5) is 23.7. The number of nitrogens with one attached hydrogen (secondary N) is 2. The van der Waals surface area contributed by atoms with Crippen LogP contribution < -0.4 is 11.2 Å². The molecule has 0 bridgehead atoms. The molecule has 2 rings (SSSR count). The second-order valence-electron chi connectivity index (χ2n) is 2.20. The lowest BCUT2D eigenvalue weighted by atomic mass is 10.7. The smallest absolute Gasteiger partial charge is 0.270 e. The fourth-order valence-electron chi connectivity index (χ4n) is 0.827. The molecule has 0 amide bonds. The van der Waals surface area contributed by atoms with Gasteiger partial charge in [-0.3, -0.25) is 14.3 Å². The topological polar surface area (TPSA) is 109 Å². The van der Waals surface area contributed by atoms with Crippen molar-refractivity contribution in [2.45, 2.75) is 0 Å². The second-order valence-corrected chi connectivity index (χ2v) is 2.20. The second kappa shape index (κ2) is 2.66. The Morgan fingerprint density at radius 3 is 2.54 bits per heavy atom. The van der Waals surface area contributed by atoms with Crippen LogP contribution in [0.25, 0.3) is 5.82 Å². The summed E-state index contributed by atoms with van der Waals surface area (Å²) in [6.45, 7) is 0. The van der Waals surface area contributed by atoms with E-state index in [1.165, 1.54) is 17.2 Å². The molecule has 2 heterocycles. The van der Waals surface area contributed by atoms with Gasteiger partial charge in [0, 0.05) is 0 Å². The monoisotopic (exact) mass is 180 g/mol. The first-order valence-corrected chi connectivity index (χ1v) is 3.31. The minimum absolute atomic E-state index is 0.0181. The maximum atomic E-state index is 11.1. The fourth-order valence-corrected chi connectivity index (χ4v) is 0.827. The van der Waals surface area contributed by atoms with Gasteiger partial charge < -0.3 is 0 Å². The molecule has 0 aliphatic rings. The predicted molar refractivity (Wildman–Crippen MR) is 40.4 cm³/mol. The number of aromatic amines is 2. The van der Waals surface area contributed by atoms with Gasteiger partial charge in [0.2, 0.25) is 5.82 Å². The van der Waals surface area contributed by atoms with Crippen LogP contribution in [0.1, 0.15) is 0 Å². The molecule has 0 aliphatic heterocycles. The van der Waals surface area contributed by atoms with E-state index in [9.17, 15) is 9.59 Å². The number of rotatable bonds is 1.